The molecule has 104 valence electrons. The molecule has 2 rings (SSSR count). The molecule has 0 N–H and O–H groups in total. The summed E-state index contributed by atoms with van der Waals surface area (Å²) in [6.45, 7) is 14.0. The van der Waals surface area contributed by atoms with Crippen molar-refractivity contribution in [3.63, 3.8) is 0 Å². The van der Waals surface area contributed by atoms with Crippen molar-refractivity contribution in [2.24, 2.45) is 0 Å². The Bertz CT molecular complexity index is 566. The quantitative estimate of drug-likeness (QED) is 0.789. The molecular formula is C14H23N3SSi. The molecule has 0 aliphatic rings. The lowest BCUT2D eigenvalue weighted by atomic mass is 10.3. The Morgan fingerprint density at radius 1 is 1.16 bits per heavy atom. The van der Waals surface area contributed by atoms with Crippen LogP contribution in [0, 0.1) is 0 Å². The molecule has 1 unspecified atom stereocenters. The third-order valence-electron chi connectivity index (χ3n) is 2.81. The van der Waals surface area contributed by atoms with Crippen LogP contribution >= 0.6 is 11.8 Å². The van der Waals surface area contributed by atoms with E-state index in [1.54, 1.807) is 0 Å². The second kappa shape index (κ2) is 4.94. The fourth-order valence-corrected chi connectivity index (χ4v) is 6.31. The molecule has 0 bridgehead atoms. The normalized spacial score (nSPS) is 14.8. The molecule has 0 amide bonds. The monoisotopic (exact) mass is 293 g/mol. The molecule has 2 aromatic rings. The number of hydrogen-bond donors (Lipinski definition) is 0. The summed E-state index contributed by atoms with van der Waals surface area (Å²) >= 11 is 2.00. The Hall–Kier alpha value is -0.813. The molecule has 1 aromatic carbocycles. The van der Waals surface area contributed by atoms with Crippen LogP contribution in [0.2, 0.25) is 19.6 Å². The maximum atomic E-state index is 4.43. The van der Waals surface area contributed by atoms with E-state index < -0.39 is 8.07 Å². The molecule has 0 saturated heterocycles. The highest BCUT2D eigenvalue weighted by molar-refractivity contribution is 8.02. The maximum absolute atomic E-state index is 4.43. The lowest BCUT2D eigenvalue weighted by Crippen LogP contribution is -2.36. The first kappa shape index (κ1) is 14.6. The van der Waals surface area contributed by atoms with Crippen LogP contribution in [0.1, 0.15) is 25.8 Å². The van der Waals surface area contributed by atoms with Gasteiger partial charge in [-0.05, 0) is 12.1 Å². The van der Waals surface area contributed by atoms with Crippen molar-refractivity contribution in [3.05, 3.63) is 24.3 Å². The molecule has 1 heterocycles. The van der Waals surface area contributed by atoms with E-state index in [1.807, 2.05) is 23.9 Å². The maximum Gasteiger partial charge on any atom is 0.113 e. The van der Waals surface area contributed by atoms with Crippen molar-refractivity contribution in [2.75, 3.05) is 0 Å². The summed E-state index contributed by atoms with van der Waals surface area (Å²) in [5.41, 5.74) is 2.13. The van der Waals surface area contributed by atoms with Crippen LogP contribution < -0.4 is 0 Å². The van der Waals surface area contributed by atoms with Crippen LogP contribution in [0.4, 0.5) is 0 Å². The van der Waals surface area contributed by atoms with Crippen LogP contribution in [0.3, 0.4) is 0 Å². The van der Waals surface area contributed by atoms with Crippen molar-refractivity contribution in [1.82, 2.24) is 15.0 Å². The van der Waals surface area contributed by atoms with Crippen LogP contribution in [0.25, 0.3) is 11.0 Å². The van der Waals surface area contributed by atoms with E-state index in [4.69, 9.17) is 0 Å². The zero-order valence-electron chi connectivity index (χ0n) is 12.6. The van der Waals surface area contributed by atoms with E-state index in [0.717, 1.165) is 11.0 Å². The van der Waals surface area contributed by atoms with Gasteiger partial charge in [-0.1, -0.05) is 57.8 Å². The molecule has 0 aliphatic heterocycles. The molecule has 19 heavy (non-hydrogen) atoms. The zero-order chi connectivity index (χ0) is 14.3. The average Bonchev–Trinajstić information content (AvgIpc) is 2.66. The molecule has 1 atom stereocenters. The summed E-state index contributed by atoms with van der Waals surface area (Å²) in [5.74, 6) is 0. The second-order valence-corrected chi connectivity index (χ2v) is 14.6. The molecule has 5 heteroatoms. The van der Waals surface area contributed by atoms with E-state index in [2.05, 4.69) is 67.5 Å². The van der Waals surface area contributed by atoms with Crippen molar-refractivity contribution in [3.8, 4) is 0 Å². The zero-order valence-corrected chi connectivity index (χ0v) is 14.5. The number of aromatic nitrogens is 3. The number of nitrogens with zero attached hydrogens (tertiary/aromatic N) is 3. The van der Waals surface area contributed by atoms with Gasteiger partial charge >= 0.3 is 0 Å². The standard InChI is InChI=1S/C14H23N3SSi/c1-14(2,3)18-13(19(4,5)6)17-12-10-8-7-9-11(12)15-16-17/h7-10,13H,1-6H3. The Morgan fingerprint density at radius 3 is 2.37 bits per heavy atom. The van der Waals surface area contributed by atoms with Gasteiger partial charge in [0.15, 0.2) is 0 Å². The highest BCUT2D eigenvalue weighted by Crippen LogP contribution is 2.41. The minimum Gasteiger partial charge on any atom is -0.235 e. The number of rotatable bonds is 3. The fraction of sp³-hybridized carbons (Fsp3) is 0.571. The summed E-state index contributed by atoms with van der Waals surface area (Å²) in [5, 5.41) is 8.73. The molecule has 0 spiro atoms. The first-order valence-electron chi connectivity index (χ1n) is 6.66. The molecule has 0 saturated carbocycles. The largest absolute Gasteiger partial charge is 0.235 e. The summed E-state index contributed by atoms with van der Waals surface area (Å²) < 4.78 is 2.36. The minimum atomic E-state index is -1.39. The second-order valence-electron chi connectivity index (χ2n) is 6.97. The highest BCUT2D eigenvalue weighted by Gasteiger charge is 2.34. The van der Waals surface area contributed by atoms with Crippen LogP contribution in [-0.2, 0) is 0 Å². The van der Waals surface area contributed by atoms with Gasteiger partial charge in [-0.2, -0.15) is 0 Å². The first-order valence-corrected chi connectivity index (χ1v) is 11.1. The van der Waals surface area contributed by atoms with Crippen molar-refractivity contribution < 1.29 is 0 Å². The Balaban J connectivity index is 2.49. The molecule has 1 aromatic heterocycles. The van der Waals surface area contributed by atoms with E-state index in [0.29, 0.717) is 5.00 Å². The topological polar surface area (TPSA) is 30.7 Å². The van der Waals surface area contributed by atoms with Crippen LogP contribution in [0.15, 0.2) is 24.3 Å². The fourth-order valence-electron chi connectivity index (χ4n) is 1.99. The number of thioether (sulfide) groups is 1. The van der Waals surface area contributed by atoms with Gasteiger partial charge in [0.05, 0.1) is 18.6 Å². The van der Waals surface area contributed by atoms with Crippen molar-refractivity contribution in [2.45, 2.75) is 50.2 Å². The number of para-hydroxylation sites is 1. The summed E-state index contributed by atoms with van der Waals surface area (Å²) in [7, 11) is -1.39. The van der Waals surface area contributed by atoms with E-state index in [9.17, 15) is 0 Å². The predicted octanol–water partition coefficient (Wildman–Crippen LogP) is 4.34. The van der Waals surface area contributed by atoms with Gasteiger partial charge < -0.3 is 0 Å². The lowest BCUT2D eigenvalue weighted by molar-refractivity contribution is 0.677. The lowest BCUT2D eigenvalue weighted by Gasteiger charge is -2.33. The Labute approximate surface area is 120 Å². The molecule has 3 nitrogen and oxygen atoms in total. The van der Waals surface area contributed by atoms with Gasteiger partial charge in [-0.15, -0.1) is 16.9 Å². The summed E-state index contributed by atoms with van der Waals surface area (Å²) in [4.78, 5) is 0.403. The molecule has 0 radical (unpaired) electrons. The number of fused-ring (bicyclic) bond motifs is 1. The van der Waals surface area contributed by atoms with Crippen LogP contribution in [-0.4, -0.2) is 27.8 Å². The van der Waals surface area contributed by atoms with E-state index in [-0.39, 0.29) is 4.75 Å². The molecule has 0 fully saturated rings. The van der Waals surface area contributed by atoms with E-state index in [1.165, 1.54) is 0 Å². The van der Waals surface area contributed by atoms with Crippen molar-refractivity contribution in [1.29, 1.82) is 0 Å². The smallest absolute Gasteiger partial charge is 0.113 e. The minimum absolute atomic E-state index is 0.220. The van der Waals surface area contributed by atoms with Gasteiger partial charge in [0, 0.05) is 4.75 Å². The third kappa shape index (κ3) is 3.39. The van der Waals surface area contributed by atoms with Gasteiger partial charge in [0.1, 0.15) is 5.52 Å². The van der Waals surface area contributed by atoms with Gasteiger partial charge in [0.2, 0.25) is 0 Å². The summed E-state index contributed by atoms with van der Waals surface area (Å²) in [6, 6.07) is 8.22. The molecule has 0 aliphatic carbocycles. The van der Waals surface area contributed by atoms with Gasteiger partial charge in [-0.25, -0.2) is 4.68 Å². The molecular weight excluding hydrogens is 270 g/mol. The average molecular weight is 294 g/mol. The van der Waals surface area contributed by atoms with Gasteiger partial charge in [0.25, 0.3) is 0 Å². The first-order chi connectivity index (χ1) is 8.68. The summed E-state index contributed by atoms with van der Waals surface area (Å²) in [6.07, 6.45) is 0. The third-order valence-corrected chi connectivity index (χ3v) is 8.14. The highest BCUT2D eigenvalue weighted by atomic mass is 32.2. The predicted molar refractivity (Wildman–Crippen MR) is 87.3 cm³/mol. The Morgan fingerprint density at radius 2 is 1.79 bits per heavy atom. The number of benzene rings is 1. The van der Waals surface area contributed by atoms with E-state index >= 15 is 0 Å². The van der Waals surface area contributed by atoms with Crippen molar-refractivity contribution >= 4 is 30.9 Å². The van der Waals surface area contributed by atoms with Gasteiger partial charge in [-0.3, -0.25) is 0 Å². The SMILES string of the molecule is CC(C)(C)SC(n1nnc2ccccc21)[Si](C)(C)C. The number of hydrogen-bond acceptors (Lipinski definition) is 3. The Kier molecular flexibility index (Phi) is 3.80. The van der Waals surface area contributed by atoms with Crippen LogP contribution in [0.5, 0.6) is 0 Å².